The van der Waals surface area contributed by atoms with E-state index in [2.05, 4.69) is 15.9 Å². The number of carbonyl (C=O) groups is 1. The molecule has 0 aliphatic rings. The summed E-state index contributed by atoms with van der Waals surface area (Å²) in [6.45, 7) is -0.0461. The van der Waals surface area contributed by atoms with Gasteiger partial charge in [-0.1, -0.05) is 22.0 Å². The summed E-state index contributed by atoms with van der Waals surface area (Å²) in [6, 6.07) is 4.61. The van der Waals surface area contributed by atoms with E-state index in [1.165, 1.54) is 6.07 Å². The predicted octanol–water partition coefficient (Wildman–Crippen LogP) is 1.66. The zero-order chi connectivity index (χ0) is 9.84. The van der Waals surface area contributed by atoms with Crippen molar-refractivity contribution in [3.05, 3.63) is 34.1 Å². The molecule has 0 fully saturated rings. The summed E-state index contributed by atoms with van der Waals surface area (Å²) in [5, 5.41) is 0. The molecule has 0 aromatic heterocycles. The van der Waals surface area contributed by atoms with Gasteiger partial charge in [0.15, 0.2) is 5.78 Å². The van der Waals surface area contributed by atoms with Gasteiger partial charge in [-0.3, -0.25) is 4.79 Å². The van der Waals surface area contributed by atoms with E-state index in [4.69, 9.17) is 5.73 Å². The fourth-order valence-corrected chi connectivity index (χ4v) is 1.28. The molecule has 1 rings (SSSR count). The molecule has 0 radical (unpaired) electrons. The van der Waals surface area contributed by atoms with Gasteiger partial charge < -0.3 is 5.73 Å². The molecule has 0 spiro atoms. The SMILES string of the molecule is NCC(=O)Cc1ccc(Br)cc1F. The zero-order valence-electron chi connectivity index (χ0n) is 6.89. The Morgan fingerprint density at radius 1 is 1.54 bits per heavy atom. The molecular formula is C9H9BrFNO. The van der Waals surface area contributed by atoms with E-state index in [0.717, 1.165) is 0 Å². The monoisotopic (exact) mass is 245 g/mol. The Balaban J connectivity index is 2.83. The minimum atomic E-state index is -0.379. The minimum Gasteiger partial charge on any atom is -0.324 e. The van der Waals surface area contributed by atoms with Crippen molar-refractivity contribution in [2.45, 2.75) is 6.42 Å². The van der Waals surface area contributed by atoms with E-state index < -0.39 is 0 Å². The van der Waals surface area contributed by atoms with Crippen LogP contribution in [0.3, 0.4) is 0 Å². The van der Waals surface area contributed by atoms with Gasteiger partial charge in [-0.2, -0.15) is 0 Å². The molecule has 0 atom stereocenters. The van der Waals surface area contributed by atoms with Crippen LogP contribution < -0.4 is 5.73 Å². The van der Waals surface area contributed by atoms with Gasteiger partial charge in [0.1, 0.15) is 5.82 Å². The predicted molar refractivity (Wildman–Crippen MR) is 51.9 cm³/mol. The molecule has 4 heteroatoms. The molecule has 0 aliphatic carbocycles. The van der Waals surface area contributed by atoms with Gasteiger partial charge in [-0.15, -0.1) is 0 Å². The lowest BCUT2D eigenvalue weighted by atomic mass is 10.1. The summed E-state index contributed by atoms with van der Waals surface area (Å²) in [5.41, 5.74) is 5.51. The number of nitrogens with two attached hydrogens (primary N) is 1. The largest absolute Gasteiger partial charge is 0.324 e. The number of carbonyl (C=O) groups excluding carboxylic acids is 1. The second-order valence-corrected chi connectivity index (χ2v) is 3.57. The fraction of sp³-hybridized carbons (Fsp3) is 0.222. The summed E-state index contributed by atoms with van der Waals surface area (Å²) >= 11 is 3.13. The first-order valence-corrected chi connectivity index (χ1v) is 4.58. The number of Topliss-reactive ketones (excluding diaryl/α,β-unsaturated/α-hetero) is 1. The topological polar surface area (TPSA) is 43.1 Å². The maximum absolute atomic E-state index is 13.1. The lowest BCUT2D eigenvalue weighted by molar-refractivity contribution is -0.117. The van der Waals surface area contributed by atoms with Gasteiger partial charge in [0, 0.05) is 10.9 Å². The van der Waals surface area contributed by atoms with Crippen LogP contribution in [0.2, 0.25) is 0 Å². The Morgan fingerprint density at radius 2 is 2.23 bits per heavy atom. The second kappa shape index (κ2) is 4.48. The number of rotatable bonds is 3. The zero-order valence-corrected chi connectivity index (χ0v) is 8.47. The van der Waals surface area contributed by atoms with E-state index in [1.807, 2.05) is 0 Å². The molecule has 0 bridgehead atoms. The molecule has 1 aromatic carbocycles. The van der Waals surface area contributed by atoms with Gasteiger partial charge in [0.25, 0.3) is 0 Å². The van der Waals surface area contributed by atoms with Crippen LogP contribution in [0.4, 0.5) is 4.39 Å². The summed E-state index contributed by atoms with van der Waals surface area (Å²) < 4.78 is 13.8. The average Bonchev–Trinajstić information content (AvgIpc) is 2.09. The van der Waals surface area contributed by atoms with Crippen molar-refractivity contribution in [1.29, 1.82) is 0 Å². The van der Waals surface area contributed by atoms with Crippen molar-refractivity contribution in [1.82, 2.24) is 0 Å². The van der Waals surface area contributed by atoms with Crippen molar-refractivity contribution >= 4 is 21.7 Å². The van der Waals surface area contributed by atoms with Gasteiger partial charge in [-0.05, 0) is 17.7 Å². The smallest absolute Gasteiger partial charge is 0.150 e. The van der Waals surface area contributed by atoms with E-state index in [9.17, 15) is 9.18 Å². The van der Waals surface area contributed by atoms with Crippen molar-refractivity contribution in [2.24, 2.45) is 5.73 Å². The van der Waals surface area contributed by atoms with Crippen molar-refractivity contribution in [2.75, 3.05) is 6.54 Å². The van der Waals surface area contributed by atoms with Gasteiger partial charge in [0.05, 0.1) is 6.54 Å². The van der Waals surface area contributed by atoms with Crippen molar-refractivity contribution < 1.29 is 9.18 Å². The molecule has 2 nitrogen and oxygen atoms in total. The molecule has 2 N–H and O–H groups in total. The van der Waals surface area contributed by atoms with E-state index >= 15 is 0 Å². The third-order valence-electron chi connectivity index (χ3n) is 1.63. The maximum Gasteiger partial charge on any atom is 0.150 e. The Morgan fingerprint density at radius 3 is 2.77 bits per heavy atom. The summed E-state index contributed by atoms with van der Waals surface area (Å²) in [7, 11) is 0. The molecule has 1 aromatic rings. The van der Waals surface area contributed by atoms with Gasteiger partial charge in [0.2, 0.25) is 0 Å². The molecule has 0 saturated heterocycles. The molecule has 0 aliphatic heterocycles. The molecule has 0 amide bonds. The van der Waals surface area contributed by atoms with Crippen LogP contribution in [0.25, 0.3) is 0 Å². The maximum atomic E-state index is 13.1. The Kier molecular flexibility index (Phi) is 3.57. The van der Waals surface area contributed by atoms with Crippen LogP contribution in [-0.2, 0) is 11.2 Å². The molecule has 0 unspecified atom stereocenters. The van der Waals surface area contributed by atoms with Crippen molar-refractivity contribution in [3.63, 3.8) is 0 Å². The molecular weight excluding hydrogens is 237 g/mol. The highest BCUT2D eigenvalue weighted by Crippen LogP contribution is 2.15. The highest BCUT2D eigenvalue weighted by atomic mass is 79.9. The van der Waals surface area contributed by atoms with Crippen LogP contribution in [0.1, 0.15) is 5.56 Å². The highest BCUT2D eigenvalue weighted by Gasteiger charge is 2.06. The van der Waals surface area contributed by atoms with E-state index in [-0.39, 0.29) is 24.6 Å². The quantitative estimate of drug-likeness (QED) is 0.881. The first kappa shape index (κ1) is 10.3. The van der Waals surface area contributed by atoms with E-state index in [1.54, 1.807) is 12.1 Å². The van der Waals surface area contributed by atoms with Crippen LogP contribution in [0, 0.1) is 5.82 Å². The number of halogens is 2. The van der Waals surface area contributed by atoms with Crippen LogP contribution in [-0.4, -0.2) is 12.3 Å². The molecule has 13 heavy (non-hydrogen) atoms. The third-order valence-corrected chi connectivity index (χ3v) is 2.12. The number of hydrogen-bond acceptors (Lipinski definition) is 2. The van der Waals surface area contributed by atoms with Crippen LogP contribution in [0.5, 0.6) is 0 Å². The highest BCUT2D eigenvalue weighted by molar-refractivity contribution is 9.10. The summed E-state index contributed by atoms with van der Waals surface area (Å²) in [4.78, 5) is 10.9. The first-order valence-electron chi connectivity index (χ1n) is 3.79. The number of hydrogen-bond donors (Lipinski definition) is 1. The molecule has 0 saturated carbocycles. The average molecular weight is 246 g/mol. The molecule has 70 valence electrons. The van der Waals surface area contributed by atoms with Crippen LogP contribution in [0.15, 0.2) is 22.7 Å². The first-order chi connectivity index (χ1) is 6.13. The minimum absolute atomic E-state index is 0.0461. The van der Waals surface area contributed by atoms with Crippen molar-refractivity contribution in [3.8, 4) is 0 Å². The molecule has 0 heterocycles. The Hall–Kier alpha value is -0.740. The standard InChI is InChI=1S/C9H9BrFNO/c10-7-2-1-6(9(11)4-7)3-8(13)5-12/h1-2,4H,3,5,12H2. The van der Waals surface area contributed by atoms with E-state index in [0.29, 0.717) is 10.0 Å². The Labute approximate surface area is 84.1 Å². The van der Waals surface area contributed by atoms with Crippen LogP contribution >= 0.6 is 15.9 Å². The summed E-state index contributed by atoms with van der Waals surface area (Å²) in [6.07, 6.45) is 0.0651. The van der Waals surface area contributed by atoms with Gasteiger partial charge in [-0.25, -0.2) is 4.39 Å². The normalized spacial score (nSPS) is 10.1. The lowest BCUT2D eigenvalue weighted by Gasteiger charge is -2.01. The second-order valence-electron chi connectivity index (χ2n) is 2.66. The number of ketones is 1. The fourth-order valence-electron chi connectivity index (χ4n) is 0.950. The summed E-state index contributed by atoms with van der Waals surface area (Å²) in [5.74, 6) is -0.544. The Bertz CT molecular complexity index is 327. The number of benzene rings is 1. The van der Waals surface area contributed by atoms with Gasteiger partial charge >= 0.3 is 0 Å². The third kappa shape index (κ3) is 2.90. The lowest BCUT2D eigenvalue weighted by Crippen LogP contribution is -2.16.